The van der Waals surface area contributed by atoms with Gasteiger partial charge in [-0.3, -0.25) is 4.84 Å². The molecule has 0 saturated carbocycles. The molecule has 0 aliphatic carbocycles. The average Bonchev–Trinajstić information content (AvgIpc) is 2.94. The zero-order valence-corrected chi connectivity index (χ0v) is 12.1. The molecule has 3 rings (SSSR count). The second-order valence-electron chi connectivity index (χ2n) is 4.61. The van der Waals surface area contributed by atoms with Gasteiger partial charge in [0.25, 0.3) is 10.0 Å². The van der Waals surface area contributed by atoms with E-state index in [9.17, 15) is 12.8 Å². The molecule has 0 radical (unpaired) electrons. The van der Waals surface area contributed by atoms with Crippen molar-refractivity contribution in [2.24, 2.45) is 0 Å². The van der Waals surface area contributed by atoms with Crippen molar-refractivity contribution in [3.63, 3.8) is 0 Å². The third-order valence-electron chi connectivity index (χ3n) is 2.99. The molecule has 1 N–H and O–H groups in total. The van der Waals surface area contributed by atoms with Gasteiger partial charge in [-0.15, -0.1) is 0 Å². The molecular formula is C15H12FNO4S. The van der Waals surface area contributed by atoms with E-state index < -0.39 is 10.0 Å². The van der Waals surface area contributed by atoms with Gasteiger partial charge in [0.2, 0.25) is 5.09 Å². The molecular weight excluding hydrogens is 309 g/mol. The SMILES string of the molecule is O=S(=O)(NOCc1ccc(F)cc1)c1cc2ccccc2o1. The van der Waals surface area contributed by atoms with Crippen LogP contribution in [0.3, 0.4) is 0 Å². The van der Waals surface area contributed by atoms with E-state index in [1.165, 1.54) is 30.3 Å². The lowest BCUT2D eigenvalue weighted by atomic mass is 10.2. The quantitative estimate of drug-likeness (QED) is 0.734. The van der Waals surface area contributed by atoms with E-state index in [0.29, 0.717) is 16.5 Å². The van der Waals surface area contributed by atoms with E-state index >= 15 is 0 Å². The topological polar surface area (TPSA) is 68.5 Å². The van der Waals surface area contributed by atoms with Gasteiger partial charge in [-0.1, -0.05) is 35.2 Å². The van der Waals surface area contributed by atoms with E-state index in [-0.39, 0.29) is 17.5 Å². The fourth-order valence-corrected chi connectivity index (χ4v) is 2.68. The predicted molar refractivity (Wildman–Crippen MR) is 77.7 cm³/mol. The molecule has 22 heavy (non-hydrogen) atoms. The predicted octanol–water partition coefficient (Wildman–Crippen LogP) is 2.98. The summed E-state index contributed by atoms with van der Waals surface area (Å²) in [7, 11) is -3.91. The van der Waals surface area contributed by atoms with E-state index in [1.807, 2.05) is 4.89 Å². The lowest BCUT2D eigenvalue weighted by molar-refractivity contribution is 0.0785. The maximum atomic E-state index is 12.8. The highest BCUT2D eigenvalue weighted by Crippen LogP contribution is 2.22. The lowest BCUT2D eigenvalue weighted by Crippen LogP contribution is -2.23. The summed E-state index contributed by atoms with van der Waals surface area (Å²) < 4.78 is 42.1. The van der Waals surface area contributed by atoms with Crippen LogP contribution < -0.4 is 4.89 Å². The second-order valence-corrected chi connectivity index (χ2v) is 6.18. The number of nitrogens with one attached hydrogen (secondary N) is 1. The molecule has 0 saturated heterocycles. The van der Waals surface area contributed by atoms with Crippen LogP contribution in [0, 0.1) is 5.82 Å². The third-order valence-corrected chi connectivity index (χ3v) is 4.06. The van der Waals surface area contributed by atoms with Gasteiger partial charge in [-0.25, -0.2) is 12.8 Å². The molecule has 3 aromatic rings. The number of halogens is 1. The van der Waals surface area contributed by atoms with Crippen molar-refractivity contribution in [3.8, 4) is 0 Å². The van der Waals surface area contributed by atoms with Gasteiger partial charge in [0.05, 0.1) is 6.61 Å². The first-order valence-corrected chi connectivity index (χ1v) is 7.89. The summed E-state index contributed by atoms with van der Waals surface area (Å²) in [5.41, 5.74) is 1.11. The Morgan fingerprint density at radius 3 is 2.55 bits per heavy atom. The largest absolute Gasteiger partial charge is 0.443 e. The summed E-state index contributed by atoms with van der Waals surface area (Å²) in [4.78, 5) is 6.94. The number of hydrogen-bond acceptors (Lipinski definition) is 4. The van der Waals surface area contributed by atoms with E-state index in [0.717, 1.165) is 0 Å². The minimum absolute atomic E-state index is 0.0280. The highest BCUT2D eigenvalue weighted by molar-refractivity contribution is 7.89. The smallest absolute Gasteiger partial charge is 0.295 e. The fraction of sp³-hybridized carbons (Fsp3) is 0.0667. The number of para-hydroxylation sites is 1. The maximum absolute atomic E-state index is 12.8. The number of hydrogen-bond donors (Lipinski definition) is 1. The van der Waals surface area contributed by atoms with Gasteiger partial charge in [-0.2, -0.15) is 0 Å². The number of benzene rings is 2. The molecule has 0 aliphatic heterocycles. The normalized spacial score (nSPS) is 11.9. The number of fused-ring (bicyclic) bond motifs is 1. The Bertz CT molecular complexity index is 854. The first kappa shape index (κ1) is 14.7. The Balaban J connectivity index is 1.69. The second kappa shape index (κ2) is 5.88. The van der Waals surface area contributed by atoms with Crippen LogP contribution in [0.2, 0.25) is 0 Å². The first-order valence-electron chi connectivity index (χ1n) is 6.41. The van der Waals surface area contributed by atoms with Crippen LogP contribution in [0.4, 0.5) is 4.39 Å². The molecule has 0 aliphatic rings. The molecule has 1 aromatic heterocycles. The van der Waals surface area contributed by atoms with E-state index in [4.69, 9.17) is 9.25 Å². The van der Waals surface area contributed by atoms with Gasteiger partial charge >= 0.3 is 0 Å². The molecule has 7 heteroatoms. The molecule has 0 unspecified atom stereocenters. The van der Waals surface area contributed by atoms with Crippen molar-refractivity contribution in [1.82, 2.24) is 4.89 Å². The van der Waals surface area contributed by atoms with Crippen molar-refractivity contribution in [2.75, 3.05) is 0 Å². The van der Waals surface area contributed by atoms with Crippen LogP contribution >= 0.6 is 0 Å². The van der Waals surface area contributed by atoms with E-state index in [2.05, 4.69) is 0 Å². The zero-order chi connectivity index (χ0) is 15.6. The summed E-state index contributed by atoms with van der Waals surface area (Å²) in [6.07, 6.45) is 0. The lowest BCUT2D eigenvalue weighted by Gasteiger charge is -2.05. The molecule has 114 valence electrons. The van der Waals surface area contributed by atoms with Crippen LogP contribution in [0.1, 0.15) is 5.56 Å². The first-order chi connectivity index (χ1) is 10.5. The Kier molecular flexibility index (Phi) is 3.93. The van der Waals surface area contributed by atoms with Crippen LogP contribution in [-0.2, 0) is 21.5 Å². The summed E-state index contributed by atoms with van der Waals surface area (Å²) in [5.74, 6) is -0.369. The van der Waals surface area contributed by atoms with E-state index in [1.54, 1.807) is 24.3 Å². The summed E-state index contributed by atoms with van der Waals surface area (Å²) in [6.45, 7) is -0.0280. The molecule has 0 atom stereocenters. The van der Waals surface area contributed by atoms with Gasteiger partial charge in [0, 0.05) is 11.5 Å². The van der Waals surface area contributed by atoms with Gasteiger partial charge in [0.15, 0.2) is 0 Å². The zero-order valence-electron chi connectivity index (χ0n) is 11.3. The minimum Gasteiger partial charge on any atom is -0.443 e. The van der Waals surface area contributed by atoms with Crippen LogP contribution in [-0.4, -0.2) is 8.42 Å². The number of sulfonamides is 1. The number of rotatable bonds is 5. The number of furan rings is 1. The van der Waals surface area contributed by atoms with Crippen LogP contribution in [0.5, 0.6) is 0 Å². The highest BCUT2D eigenvalue weighted by Gasteiger charge is 2.19. The van der Waals surface area contributed by atoms with Crippen molar-refractivity contribution >= 4 is 21.0 Å². The molecule has 2 aromatic carbocycles. The molecule has 0 spiro atoms. The minimum atomic E-state index is -3.91. The van der Waals surface area contributed by atoms with Gasteiger partial charge in [-0.05, 0) is 23.8 Å². The Morgan fingerprint density at radius 2 is 1.82 bits per heavy atom. The Hall–Kier alpha value is -2.22. The maximum Gasteiger partial charge on any atom is 0.295 e. The van der Waals surface area contributed by atoms with Gasteiger partial charge in [0.1, 0.15) is 11.4 Å². The van der Waals surface area contributed by atoms with Gasteiger partial charge < -0.3 is 4.42 Å². The molecule has 0 amide bonds. The molecule has 1 heterocycles. The van der Waals surface area contributed by atoms with Crippen LogP contribution in [0.25, 0.3) is 11.0 Å². The van der Waals surface area contributed by atoms with Crippen molar-refractivity contribution < 1.29 is 22.1 Å². The molecule has 0 fully saturated rings. The third kappa shape index (κ3) is 3.16. The monoisotopic (exact) mass is 321 g/mol. The summed E-state index contributed by atoms with van der Waals surface area (Å²) in [5, 5.41) is 0.453. The molecule has 0 bridgehead atoms. The average molecular weight is 321 g/mol. The Morgan fingerprint density at radius 1 is 1.09 bits per heavy atom. The molecule has 5 nitrogen and oxygen atoms in total. The van der Waals surface area contributed by atoms with Crippen LogP contribution in [0.15, 0.2) is 64.1 Å². The summed E-state index contributed by atoms with van der Waals surface area (Å²) >= 11 is 0. The summed E-state index contributed by atoms with van der Waals surface area (Å²) in [6, 6.07) is 13.9. The fourth-order valence-electron chi connectivity index (χ4n) is 1.90. The Labute approximate surface area is 126 Å². The van der Waals surface area contributed by atoms with Crippen molar-refractivity contribution in [1.29, 1.82) is 0 Å². The standard InChI is InChI=1S/C15H12FNO4S/c16-13-7-5-11(6-8-13)10-20-17-22(18,19)15-9-12-3-1-2-4-14(12)21-15/h1-9,17H,10H2. The highest BCUT2D eigenvalue weighted by atomic mass is 32.2. The van der Waals surface area contributed by atoms with Crippen molar-refractivity contribution in [3.05, 3.63) is 66.0 Å². The van der Waals surface area contributed by atoms with Crippen molar-refractivity contribution in [2.45, 2.75) is 11.7 Å².